The Labute approximate surface area is 381 Å². The summed E-state index contributed by atoms with van der Waals surface area (Å²) < 4.78 is 2.37. The number of fused-ring (bicyclic) bond motifs is 6. The van der Waals surface area contributed by atoms with Gasteiger partial charge in [0, 0.05) is 39.0 Å². The lowest BCUT2D eigenvalue weighted by Crippen LogP contribution is -2.12. The summed E-state index contributed by atoms with van der Waals surface area (Å²) in [5.41, 5.74) is 18.5. The van der Waals surface area contributed by atoms with Crippen LogP contribution in [0.25, 0.3) is 89.9 Å². The molecule has 2 heteroatoms. The first-order valence-corrected chi connectivity index (χ1v) is 22.5. The smallest absolute Gasteiger partial charge is 0.105 e. The van der Waals surface area contributed by atoms with E-state index in [9.17, 15) is 0 Å². The number of hydrogen-bond acceptors (Lipinski definition) is 1. The van der Waals surface area contributed by atoms with Crippen LogP contribution in [-0.2, 0) is 0 Å². The van der Waals surface area contributed by atoms with Gasteiger partial charge in [-0.3, -0.25) is 0 Å². The average Bonchev–Trinajstić information content (AvgIpc) is 3.50. The zero-order valence-corrected chi connectivity index (χ0v) is 36.5. The minimum atomic E-state index is 0.883. The third kappa shape index (κ3) is 7.14. The third-order valence-corrected chi connectivity index (χ3v) is 12.7. The largest absolute Gasteiger partial charge is 0.310 e. The van der Waals surface area contributed by atoms with Gasteiger partial charge in [-0.2, -0.15) is 0 Å². The molecule has 11 rings (SSSR count). The predicted octanol–water partition coefficient (Wildman–Crippen LogP) is 17.3. The van der Waals surface area contributed by atoms with E-state index in [1.807, 2.05) is 6.07 Å². The van der Waals surface area contributed by atoms with Crippen molar-refractivity contribution in [2.45, 2.75) is 20.3 Å². The van der Waals surface area contributed by atoms with Crippen molar-refractivity contribution in [2.24, 2.45) is 0 Å². The SMILES string of the molecule is C/C=C\C=C/c1c(C)cc(-c2cccc(N(c3ccc(-c4ccccc4-c4ccccc4)cc3)c3cc4ccccc4c4c3C=CCC=C4)c2)c2c3ccc#cc3n(-c3ccccc3)c12. The first kappa shape index (κ1) is 39.5. The fourth-order valence-electron chi connectivity index (χ4n) is 9.73. The van der Waals surface area contributed by atoms with Crippen molar-refractivity contribution >= 4 is 67.9 Å². The molecule has 1 aliphatic carbocycles. The van der Waals surface area contributed by atoms with Gasteiger partial charge in [-0.05, 0) is 136 Å². The molecule has 0 aliphatic heterocycles. The molecule has 0 fully saturated rings. The van der Waals surface area contributed by atoms with Gasteiger partial charge in [-0.25, -0.2) is 0 Å². The molecule has 65 heavy (non-hydrogen) atoms. The van der Waals surface area contributed by atoms with Crippen LogP contribution >= 0.6 is 0 Å². The van der Waals surface area contributed by atoms with Crippen LogP contribution in [0.2, 0.25) is 0 Å². The van der Waals surface area contributed by atoms with Crippen molar-refractivity contribution in [1.29, 1.82) is 0 Å². The molecular weight excluding hydrogens is 785 g/mol. The maximum absolute atomic E-state index is 3.53. The molecule has 10 aromatic rings. The van der Waals surface area contributed by atoms with Gasteiger partial charge in [0.15, 0.2) is 0 Å². The van der Waals surface area contributed by atoms with E-state index >= 15 is 0 Å². The predicted molar refractivity (Wildman–Crippen MR) is 278 cm³/mol. The zero-order chi connectivity index (χ0) is 43.7. The first-order valence-electron chi connectivity index (χ1n) is 22.5. The summed E-state index contributed by atoms with van der Waals surface area (Å²) in [6.07, 6.45) is 18.6. The molecule has 0 spiro atoms. The van der Waals surface area contributed by atoms with Crippen LogP contribution in [0.4, 0.5) is 17.1 Å². The normalized spacial score (nSPS) is 12.3. The van der Waals surface area contributed by atoms with E-state index in [1.54, 1.807) is 0 Å². The Bertz CT molecular complexity index is 3510. The van der Waals surface area contributed by atoms with Crippen LogP contribution in [-0.4, -0.2) is 4.57 Å². The number of anilines is 3. The highest BCUT2D eigenvalue weighted by molar-refractivity contribution is 6.18. The minimum Gasteiger partial charge on any atom is -0.310 e. The summed E-state index contributed by atoms with van der Waals surface area (Å²) in [7, 11) is 0. The van der Waals surface area contributed by atoms with Crippen LogP contribution in [0.1, 0.15) is 35.6 Å². The average molecular weight is 831 g/mol. The molecule has 0 N–H and O–H groups in total. The Hall–Kier alpha value is -8.38. The van der Waals surface area contributed by atoms with E-state index < -0.39 is 0 Å². The highest BCUT2D eigenvalue weighted by atomic mass is 15.1. The lowest BCUT2D eigenvalue weighted by molar-refractivity contribution is 1.17. The van der Waals surface area contributed by atoms with Crippen LogP contribution in [0.15, 0.2) is 212 Å². The minimum absolute atomic E-state index is 0.883. The quantitative estimate of drug-likeness (QED) is 0.132. The molecule has 308 valence electrons. The maximum atomic E-state index is 3.53. The Morgan fingerprint density at radius 1 is 0.569 bits per heavy atom. The fraction of sp³-hybridized carbons (Fsp3) is 0.0476. The van der Waals surface area contributed by atoms with Crippen LogP contribution in [0.3, 0.4) is 0 Å². The topological polar surface area (TPSA) is 8.17 Å². The second-order valence-electron chi connectivity index (χ2n) is 16.6. The molecule has 0 atom stereocenters. The first-order chi connectivity index (χ1) is 32.2. The fourth-order valence-corrected chi connectivity index (χ4v) is 9.73. The summed E-state index contributed by atoms with van der Waals surface area (Å²) >= 11 is 0. The Kier molecular flexibility index (Phi) is 10.4. The monoisotopic (exact) mass is 830 g/mol. The maximum Gasteiger partial charge on any atom is 0.105 e. The highest BCUT2D eigenvalue weighted by Crippen LogP contribution is 2.46. The standard InChI is InChI=1S/C63H46N2/c1-3-4-8-29-52-44(2)41-59(62-58-35-19-20-36-60(58)65(63(52)62)49-26-11-6-12-27-49)47-25-21-28-51(42-47)64(61-43-48-24-15-16-32-55(48)56-33-13-7-14-34-57(56)61)50-39-37-46(38-40-50)54-31-18-17-30-53(54)45-22-9-5-10-23-45/h3-6,8-19,21-35,37-43H,7H2,1-2H3/b4-3-,29-8-. The Morgan fingerprint density at radius 3 is 2.05 bits per heavy atom. The van der Waals surface area contributed by atoms with Gasteiger partial charge in [-0.1, -0.05) is 182 Å². The van der Waals surface area contributed by atoms with Gasteiger partial charge in [0.1, 0.15) is 5.52 Å². The number of aromatic nitrogens is 1. The second-order valence-corrected chi connectivity index (χ2v) is 16.6. The van der Waals surface area contributed by atoms with Gasteiger partial charge in [0.25, 0.3) is 0 Å². The molecule has 2 nitrogen and oxygen atoms in total. The Balaban J connectivity index is 1.15. The molecule has 9 aromatic carbocycles. The molecule has 0 unspecified atom stereocenters. The zero-order valence-electron chi connectivity index (χ0n) is 36.5. The molecule has 0 radical (unpaired) electrons. The summed E-state index contributed by atoms with van der Waals surface area (Å²) in [6.45, 7) is 4.29. The van der Waals surface area contributed by atoms with Gasteiger partial charge in [0.05, 0.1) is 11.2 Å². The number of para-hydroxylation sites is 1. The number of benzene rings is 8. The second kappa shape index (κ2) is 17.1. The van der Waals surface area contributed by atoms with Crippen LogP contribution in [0.5, 0.6) is 0 Å². The van der Waals surface area contributed by atoms with Gasteiger partial charge in [0.2, 0.25) is 0 Å². The number of hydrogen-bond donors (Lipinski definition) is 0. The molecule has 0 saturated heterocycles. The summed E-state index contributed by atoms with van der Waals surface area (Å²) in [5, 5.41) is 4.79. The lowest BCUT2D eigenvalue weighted by atomic mass is 9.92. The van der Waals surface area contributed by atoms with E-state index in [2.05, 4.69) is 260 Å². The molecule has 0 amide bonds. The summed E-state index contributed by atoms with van der Waals surface area (Å²) in [4.78, 5) is 2.46. The molecule has 0 bridgehead atoms. The Morgan fingerprint density at radius 2 is 1.26 bits per heavy atom. The molecular formula is C63H46N2. The lowest BCUT2D eigenvalue weighted by Gasteiger charge is -2.29. The summed E-state index contributed by atoms with van der Waals surface area (Å²) in [5.74, 6) is 0. The van der Waals surface area contributed by atoms with Gasteiger partial charge in [-0.15, -0.1) is 0 Å². The summed E-state index contributed by atoms with van der Waals surface area (Å²) in [6, 6.07) is 72.8. The van der Waals surface area contributed by atoms with Crippen molar-refractivity contribution in [3.8, 4) is 39.1 Å². The number of aryl methyl sites for hydroxylation is 1. The van der Waals surface area contributed by atoms with Crippen molar-refractivity contribution in [2.75, 3.05) is 4.90 Å². The van der Waals surface area contributed by atoms with E-state index in [4.69, 9.17) is 0 Å². The van der Waals surface area contributed by atoms with Crippen LogP contribution < -0.4 is 4.90 Å². The van der Waals surface area contributed by atoms with Crippen molar-refractivity contribution in [3.05, 3.63) is 247 Å². The molecule has 1 heterocycles. The van der Waals surface area contributed by atoms with Gasteiger partial charge >= 0.3 is 0 Å². The van der Waals surface area contributed by atoms with E-state index in [0.29, 0.717) is 0 Å². The molecule has 1 aliphatic rings. The van der Waals surface area contributed by atoms with E-state index in [1.165, 1.54) is 66.2 Å². The molecule has 1 aromatic heterocycles. The number of rotatable bonds is 9. The highest BCUT2D eigenvalue weighted by Gasteiger charge is 2.24. The van der Waals surface area contributed by atoms with Crippen molar-refractivity contribution in [3.63, 3.8) is 0 Å². The van der Waals surface area contributed by atoms with Crippen LogP contribution in [0, 0.1) is 19.1 Å². The van der Waals surface area contributed by atoms with E-state index in [-0.39, 0.29) is 0 Å². The number of nitrogens with zero attached hydrogens (tertiary/aromatic N) is 2. The van der Waals surface area contributed by atoms with Crippen molar-refractivity contribution in [1.82, 2.24) is 4.57 Å². The number of allylic oxidation sites excluding steroid dienone is 5. The third-order valence-electron chi connectivity index (χ3n) is 12.7. The van der Waals surface area contributed by atoms with E-state index in [0.717, 1.165) is 51.2 Å². The van der Waals surface area contributed by atoms with Crippen molar-refractivity contribution < 1.29 is 0 Å². The molecule has 0 saturated carbocycles. The van der Waals surface area contributed by atoms with Gasteiger partial charge < -0.3 is 9.47 Å².